The quantitative estimate of drug-likeness (QED) is 0.875. The summed E-state index contributed by atoms with van der Waals surface area (Å²) in [6.07, 6.45) is 13.3. The van der Waals surface area contributed by atoms with Crippen molar-refractivity contribution in [3.05, 3.63) is 18.2 Å². The van der Waals surface area contributed by atoms with Gasteiger partial charge >= 0.3 is 0 Å². The van der Waals surface area contributed by atoms with Crippen molar-refractivity contribution < 1.29 is 0 Å². The average molecular weight is 275 g/mol. The van der Waals surface area contributed by atoms with E-state index >= 15 is 0 Å². The zero-order valence-electron chi connectivity index (χ0n) is 13.2. The van der Waals surface area contributed by atoms with Crippen molar-refractivity contribution in [2.24, 2.45) is 5.41 Å². The van der Waals surface area contributed by atoms with Crippen LogP contribution in [0.15, 0.2) is 12.5 Å². The van der Waals surface area contributed by atoms with Crippen molar-refractivity contribution in [3.63, 3.8) is 0 Å². The van der Waals surface area contributed by atoms with Gasteiger partial charge in [0.25, 0.3) is 0 Å². The van der Waals surface area contributed by atoms with Crippen LogP contribution in [-0.2, 0) is 0 Å². The van der Waals surface area contributed by atoms with Crippen molar-refractivity contribution in [1.29, 1.82) is 0 Å². The van der Waals surface area contributed by atoms with E-state index in [-0.39, 0.29) is 0 Å². The highest BCUT2D eigenvalue weighted by Crippen LogP contribution is 2.41. The molecule has 1 aliphatic heterocycles. The fourth-order valence-corrected chi connectivity index (χ4v) is 3.92. The van der Waals surface area contributed by atoms with Crippen molar-refractivity contribution in [1.82, 2.24) is 14.9 Å². The Hall–Kier alpha value is -0.830. The number of aromatic nitrogens is 2. The lowest BCUT2D eigenvalue weighted by molar-refractivity contribution is 0.188. The Morgan fingerprint density at radius 1 is 1.20 bits per heavy atom. The van der Waals surface area contributed by atoms with Crippen molar-refractivity contribution in [2.45, 2.75) is 83.8 Å². The summed E-state index contributed by atoms with van der Waals surface area (Å²) in [5, 5.41) is 3.75. The van der Waals surface area contributed by atoms with Gasteiger partial charge in [-0.2, -0.15) is 0 Å². The highest BCUT2D eigenvalue weighted by atomic mass is 15.1. The molecule has 1 N–H and O–H groups in total. The Morgan fingerprint density at radius 2 is 1.95 bits per heavy atom. The van der Waals surface area contributed by atoms with Gasteiger partial charge in [0, 0.05) is 24.3 Å². The lowest BCUT2D eigenvalue weighted by Crippen LogP contribution is -2.36. The predicted octanol–water partition coefficient (Wildman–Crippen LogP) is 4.23. The Bertz CT molecular complexity index is 439. The first-order valence-corrected chi connectivity index (χ1v) is 8.33. The minimum Gasteiger partial charge on any atom is -0.330 e. The van der Waals surface area contributed by atoms with Crippen LogP contribution in [0.4, 0.5) is 0 Å². The summed E-state index contributed by atoms with van der Waals surface area (Å²) in [4.78, 5) is 4.46. The SMILES string of the molecule is CC1CCCC(c2cncn2C2CCC(C)(C)CC2)N1. The highest BCUT2D eigenvalue weighted by Gasteiger charge is 2.30. The molecule has 2 atom stereocenters. The van der Waals surface area contributed by atoms with Gasteiger partial charge in [-0.1, -0.05) is 13.8 Å². The van der Waals surface area contributed by atoms with Gasteiger partial charge < -0.3 is 9.88 Å². The fourth-order valence-electron chi connectivity index (χ4n) is 3.92. The Morgan fingerprint density at radius 3 is 2.65 bits per heavy atom. The van der Waals surface area contributed by atoms with E-state index in [1.807, 2.05) is 0 Å². The third-order valence-electron chi connectivity index (χ3n) is 5.37. The van der Waals surface area contributed by atoms with E-state index in [1.54, 1.807) is 0 Å². The van der Waals surface area contributed by atoms with Crippen LogP contribution in [0.25, 0.3) is 0 Å². The second-order valence-electron chi connectivity index (χ2n) is 7.67. The largest absolute Gasteiger partial charge is 0.330 e. The molecular formula is C17H29N3. The van der Waals surface area contributed by atoms with E-state index in [0.717, 1.165) is 0 Å². The second-order valence-corrected chi connectivity index (χ2v) is 7.67. The van der Waals surface area contributed by atoms with E-state index in [1.165, 1.54) is 50.6 Å². The zero-order valence-corrected chi connectivity index (χ0v) is 13.2. The molecule has 0 amide bonds. The number of rotatable bonds is 2. The van der Waals surface area contributed by atoms with Crippen molar-refractivity contribution >= 4 is 0 Å². The molecule has 1 saturated carbocycles. The maximum Gasteiger partial charge on any atom is 0.0951 e. The highest BCUT2D eigenvalue weighted by molar-refractivity contribution is 5.09. The number of hydrogen-bond donors (Lipinski definition) is 1. The molecule has 2 aliphatic rings. The first kappa shape index (κ1) is 14.1. The number of nitrogens with zero attached hydrogens (tertiary/aromatic N) is 2. The summed E-state index contributed by atoms with van der Waals surface area (Å²) in [5.74, 6) is 0. The van der Waals surface area contributed by atoms with E-state index in [9.17, 15) is 0 Å². The van der Waals surface area contributed by atoms with Gasteiger partial charge in [-0.3, -0.25) is 0 Å². The Balaban J connectivity index is 1.73. The zero-order chi connectivity index (χ0) is 14.2. The van der Waals surface area contributed by atoms with E-state index in [2.05, 4.69) is 48.2 Å². The van der Waals surface area contributed by atoms with Crippen LogP contribution in [-0.4, -0.2) is 15.6 Å². The van der Waals surface area contributed by atoms with E-state index in [0.29, 0.717) is 23.5 Å². The smallest absolute Gasteiger partial charge is 0.0951 e. The van der Waals surface area contributed by atoms with Gasteiger partial charge in [-0.25, -0.2) is 4.98 Å². The van der Waals surface area contributed by atoms with Crippen LogP contribution < -0.4 is 5.32 Å². The van der Waals surface area contributed by atoms with Crippen LogP contribution >= 0.6 is 0 Å². The summed E-state index contributed by atoms with van der Waals surface area (Å²) in [6, 6.07) is 1.82. The molecule has 1 aromatic heterocycles. The molecule has 2 fully saturated rings. The molecule has 2 unspecified atom stereocenters. The lowest BCUT2D eigenvalue weighted by Gasteiger charge is -2.37. The van der Waals surface area contributed by atoms with Crippen molar-refractivity contribution in [2.75, 3.05) is 0 Å². The minimum absolute atomic E-state index is 0.510. The average Bonchev–Trinajstić information content (AvgIpc) is 2.88. The van der Waals surface area contributed by atoms with Gasteiger partial charge in [0.15, 0.2) is 0 Å². The van der Waals surface area contributed by atoms with Crippen LogP contribution in [0, 0.1) is 5.41 Å². The summed E-state index contributed by atoms with van der Waals surface area (Å²) in [5.41, 5.74) is 1.95. The molecule has 1 aromatic rings. The van der Waals surface area contributed by atoms with Crippen LogP contribution in [0.1, 0.15) is 83.5 Å². The molecular weight excluding hydrogens is 246 g/mol. The number of piperidine rings is 1. The van der Waals surface area contributed by atoms with Gasteiger partial charge in [-0.05, 0) is 57.3 Å². The van der Waals surface area contributed by atoms with Gasteiger partial charge in [0.05, 0.1) is 12.0 Å². The first-order chi connectivity index (χ1) is 9.55. The van der Waals surface area contributed by atoms with Crippen molar-refractivity contribution in [3.8, 4) is 0 Å². The number of nitrogens with one attached hydrogen (secondary N) is 1. The molecule has 112 valence electrons. The normalized spacial score (nSPS) is 31.4. The molecule has 0 aromatic carbocycles. The molecule has 1 saturated heterocycles. The van der Waals surface area contributed by atoms with Crippen LogP contribution in [0.5, 0.6) is 0 Å². The van der Waals surface area contributed by atoms with Crippen LogP contribution in [0.3, 0.4) is 0 Å². The van der Waals surface area contributed by atoms with Gasteiger partial charge in [0.2, 0.25) is 0 Å². The molecule has 1 aliphatic carbocycles. The Labute approximate surface area is 123 Å². The molecule has 0 spiro atoms. The summed E-state index contributed by atoms with van der Waals surface area (Å²) in [7, 11) is 0. The third-order valence-corrected chi connectivity index (χ3v) is 5.37. The minimum atomic E-state index is 0.510. The molecule has 0 bridgehead atoms. The summed E-state index contributed by atoms with van der Waals surface area (Å²) >= 11 is 0. The van der Waals surface area contributed by atoms with Crippen LogP contribution in [0.2, 0.25) is 0 Å². The monoisotopic (exact) mass is 275 g/mol. The summed E-state index contributed by atoms with van der Waals surface area (Å²) < 4.78 is 2.48. The molecule has 3 heteroatoms. The topological polar surface area (TPSA) is 29.9 Å². The standard InChI is InChI=1S/C17H29N3/c1-13-5-4-6-15(19-13)16-11-18-12-20(16)14-7-9-17(2,3)10-8-14/h11-15,19H,4-10H2,1-3H3. The van der Waals surface area contributed by atoms with Gasteiger partial charge in [0.1, 0.15) is 0 Å². The predicted molar refractivity (Wildman–Crippen MR) is 82.7 cm³/mol. The second kappa shape index (κ2) is 5.51. The molecule has 0 radical (unpaired) electrons. The lowest BCUT2D eigenvalue weighted by atomic mass is 9.75. The van der Waals surface area contributed by atoms with E-state index < -0.39 is 0 Å². The maximum absolute atomic E-state index is 4.46. The maximum atomic E-state index is 4.46. The number of hydrogen-bond acceptors (Lipinski definition) is 2. The van der Waals surface area contributed by atoms with E-state index in [4.69, 9.17) is 0 Å². The summed E-state index contributed by atoms with van der Waals surface area (Å²) in [6.45, 7) is 7.11. The Kier molecular flexibility index (Phi) is 3.89. The third kappa shape index (κ3) is 2.93. The fraction of sp³-hybridized carbons (Fsp3) is 0.824. The van der Waals surface area contributed by atoms with Gasteiger partial charge in [-0.15, -0.1) is 0 Å². The number of imidazole rings is 1. The molecule has 2 heterocycles. The first-order valence-electron chi connectivity index (χ1n) is 8.33. The molecule has 3 nitrogen and oxygen atoms in total. The molecule has 3 rings (SSSR count). The molecule has 20 heavy (non-hydrogen) atoms.